The molecule has 1 aromatic rings. The van der Waals surface area contributed by atoms with Crippen molar-refractivity contribution in [3.63, 3.8) is 0 Å². The highest BCUT2D eigenvalue weighted by molar-refractivity contribution is 7.89. The summed E-state index contributed by atoms with van der Waals surface area (Å²) in [7, 11) is -3.99. The third-order valence-electron chi connectivity index (χ3n) is 2.19. The molecular weight excluding hydrogens is 269 g/mol. The summed E-state index contributed by atoms with van der Waals surface area (Å²) < 4.78 is 39.0. The molecule has 1 atom stereocenters. The van der Waals surface area contributed by atoms with E-state index in [1.165, 1.54) is 12.1 Å². The molecule has 1 aromatic carbocycles. The largest absolute Gasteiger partial charge is 0.392 e. The number of benzene rings is 1. The quantitative estimate of drug-likeness (QED) is 0.860. The normalized spacial score (nSPS) is 13.6. The van der Waals surface area contributed by atoms with E-state index in [1.54, 1.807) is 6.92 Å². The van der Waals surface area contributed by atoms with Crippen molar-refractivity contribution >= 4 is 21.6 Å². The molecule has 0 bridgehead atoms. The van der Waals surface area contributed by atoms with Gasteiger partial charge in [-0.25, -0.2) is 17.5 Å². The first-order chi connectivity index (χ1) is 7.88. The first kappa shape index (κ1) is 14.4. The maximum atomic E-state index is 13.5. The molecular formula is C10H13ClFNO3S. The van der Waals surface area contributed by atoms with Gasteiger partial charge in [-0.05, 0) is 18.6 Å². The molecule has 0 aliphatic carbocycles. The highest BCUT2D eigenvalue weighted by atomic mass is 35.5. The number of hydrogen-bond donors (Lipinski definition) is 2. The van der Waals surface area contributed by atoms with Crippen LogP contribution in [0.15, 0.2) is 23.1 Å². The Morgan fingerprint density at radius 2 is 2.18 bits per heavy atom. The van der Waals surface area contributed by atoms with Gasteiger partial charge in [-0.3, -0.25) is 0 Å². The van der Waals surface area contributed by atoms with Crippen LogP contribution < -0.4 is 4.72 Å². The maximum Gasteiger partial charge on any atom is 0.243 e. The Morgan fingerprint density at radius 3 is 2.76 bits per heavy atom. The van der Waals surface area contributed by atoms with Crippen LogP contribution in [0.25, 0.3) is 0 Å². The number of aliphatic hydroxyl groups is 1. The third kappa shape index (κ3) is 3.64. The molecule has 96 valence electrons. The first-order valence-electron chi connectivity index (χ1n) is 5.00. The Bertz CT molecular complexity index is 492. The van der Waals surface area contributed by atoms with E-state index >= 15 is 0 Å². The molecule has 0 aliphatic rings. The molecule has 17 heavy (non-hydrogen) atoms. The molecule has 1 unspecified atom stereocenters. The van der Waals surface area contributed by atoms with E-state index in [1.807, 2.05) is 0 Å². The van der Waals surface area contributed by atoms with Crippen molar-refractivity contribution in [3.05, 3.63) is 29.0 Å². The van der Waals surface area contributed by atoms with Crippen LogP contribution in [-0.2, 0) is 10.0 Å². The predicted molar refractivity (Wildman–Crippen MR) is 62.9 cm³/mol. The average molecular weight is 282 g/mol. The zero-order valence-corrected chi connectivity index (χ0v) is 10.7. The van der Waals surface area contributed by atoms with Crippen LogP contribution in [0.4, 0.5) is 4.39 Å². The van der Waals surface area contributed by atoms with Crippen LogP contribution >= 0.6 is 11.6 Å². The molecule has 0 heterocycles. The van der Waals surface area contributed by atoms with Crippen molar-refractivity contribution in [1.82, 2.24) is 4.72 Å². The molecule has 0 fully saturated rings. The molecule has 2 N–H and O–H groups in total. The highest BCUT2D eigenvalue weighted by Crippen LogP contribution is 2.21. The minimum atomic E-state index is -3.99. The van der Waals surface area contributed by atoms with Crippen molar-refractivity contribution in [2.45, 2.75) is 24.3 Å². The van der Waals surface area contributed by atoms with E-state index in [0.717, 1.165) is 6.07 Å². The average Bonchev–Trinajstić information content (AvgIpc) is 2.29. The fourth-order valence-corrected chi connectivity index (χ4v) is 2.52. The minimum Gasteiger partial charge on any atom is -0.392 e. The molecule has 7 heteroatoms. The van der Waals surface area contributed by atoms with Gasteiger partial charge in [-0.15, -0.1) is 0 Å². The van der Waals surface area contributed by atoms with E-state index in [4.69, 9.17) is 11.6 Å². The fourth-order valence-electron chi connectivity index (χ4n) is 1.12. The molecule has 0 aromatic heterocycles. The summed E-state index contributed by atoms with van der Waals surface area (Å²) >= 11 is 5.49. The molecule has 0 aliphatic heterocycles. The van der Waals surface area contributed by atoms with Gasteiger partial charge in [0.1, 0.15) is 4.90 Å². The van der Waals surface area contributed by atoms with E-state index in [-0.39, 0.29) is 11.6 Å². The van der Waals surface area contributed by atoms with Crippen LogP contribution in [0.2, 0.25) is 5.02 Å². The molecule has 0 amide bonds. The van der Waals surface area contributed by atoms with E-state index in [0.29, 0.717) is 6.42 Å². The lowest BCUT2D eigenvalue weighted by Crippen LogP contribution is -2.32. The number of sulfonamides is 1. The zero-order valence-electron chi connectivity index (χ0n) is 9.15. The summed E-state index contributed by atoms with van der Waals surface area (Å²) in [6.07, 6.45) is -0.396. The van der Waals surface area contributed by atoms with Gasteiger partial charge in [0.25, 0.3) is 0 Å². The predicted octanol–water partition coefficient (Wildman–Crippen LogP) is 1.53. The van der Waals surface area contributed by atoms with Gasteiger partial charge < -0.3 is 5.11 Å². The number of aliphatic hydroxyl groups excluding tert-OH is 1. The number of hydrogen-bond acceptors (Lipinski definition) is 3. The van der Waals surface area contributed by atoms with Gasteiger partial charge >= 0.3 is 0 Å². The van der Waals surface area contributed by atoms with Gasteiger partial charge in [-0.1, -0.05) is 24.6 Å². The van der Waals surface area contributed by atoms with Gasteiger partial charge in [0.15, 0.2) is 5.82 Å². The second-order valence-electron chi connectivity index (χ2n) is 3.47. The number of halogens is 2. The Balaban J connectivity index is 2.94. The summed E-state index contributed by atoms with van der Waals surface area (Å²) in [6, 6.07) is 3.72. The number of nitrogens with one attached hydrogen (secondary N) is 1. The third-order valence-corrected chi connectivity index (χ3v) is 3.92. The molecule has 4 nitrogen and oxygen atoms in total. The van der Waals surface area contributed by atoms with E-state index < -0.39 is 26.8 Å². The SMILES string of the molecule is CCC(O)CNS(=O)(=O)c1cccc(Cl)c1F. The first-order valence-corrected chi connectivity index (χ1v) is 6.86. The van der Waals surface area contributed by atoms with Crippen LogP contribution in [0, 0.1) is 5.82 Å². The lowest BCUT2D eigenvalue weighted by atomic mass is 10.3. The van der Waals surface area contributed by atoms with Crippen LogP contribution in [0.3, 0.4) is 0 Å². The second kappa shape index (κ2) is 5.77. The maximum absolute atomic E-state index is 13.5. The van der Waals surface area contributed by atoms with Gasteiger partial charge in [0.05, 0.1) is 11.1 Å². The van der Waals surface area contributed by atoms with Crippen LogP contribution in [0.5, 0.6) is 0 Å². The van der Waals surface area contributed by atoms with E-state index in [2.05, 4.69) is 4.72 Å². The Morgan fingerprint density at radius 1 is 1.53 bits per heavy atom. The van der Waals surface area contributed by atoms with Crippen LogP contribution in [0.1, 0.15) is 13.3 Å². The van der Waals surface area contributed by atoms with E-state index in [9.17, 15) is 17.9 Å². The summed E-state index contributed by atoms with van der Waals surface area (Å²) in [5, 5.41) is 8.99. The van der Waals surface area contributed by atoms with Crippen LogP contribution in [-0.4, -0.2) is 26.2 Å². The smallest absolute Gasteiger partial charge is 0.243 e. The van der Waals surface area contributed by atoms with Crippen molar-refractivity contribution in [2.75, 3.05) is 6.54 Å². The van der Waals surface area contributed by atoms with Crippen molar-refractivity contribution < 1.29 is 17.9 Å². The molecule has 0 saturated carbocycles. The topological polar surface area (TPSA) is 66.4 Å². The van der Waals surface area contributed by atoms with Gasteiger partial charge in [0, 0.05) is 6.54 Å². The Labute approximate surface area is 104 Å². The molecule has 0 saturated heterocycles. The molecule has 1 rings (SSSR count). The van der Waals surface area contributed by atoms with Gasteiger partial charge in [-0.2, -0.15) is 0 Å². The summed E-state index contributed by atoms with van der Waals surface area (Å²) in [5.74, 6) is -0.993. The summed E-state index contributed by atoms with van der Waals surface area (Å²) in [5.41, 5.74) is 0. The monoisotopic (exact) mass is 281 g/mol. The summed E-state index contributed by atoms with van der Waals surface area (Å²) in [4.78, 5) is -0.520. The molecule has 0 spiro atoms. The second-order valence-corrected chi connectivity index (χ2v) is 5.61. The van der Waals surface area contributed by atoms with Gasteiger partial charge in [0.2, 0.25) is 10.0 Å². The lowest BCUT2D eigenvalue weighted by Gasteiger charge is -2.11. The van der Waals surface area contributed by atoms with Crippen molar-refractivity contribution in [3.8, 4) is 0 Å². The zero-order chi connectivity index (χ0) is 13.1. The molecule has 0 radical (unpaired) electrons. The fraction of sp³-hybridized carbons (Fsp3) is 0.400. The number of rotatable bonds is 5. The Kier molecular flexibility index (Phi) is 4.88. The van der Waals surface area contributed by atoms with Crippen molar-refractivity contribution in [1.29, 1.82) is 0 Å². The van der Waals surface area contributed by atoms with Crippen molar-refractivity contribution in [2.24, 2.45) is 0 Å². The lowest BCUT2D eigenvalue weighted by molar-refractivity contribution is 0.174. The minimum absolute atomic E-state index is 0.162. The summed E-state index contributed by atoms with van der Waals surface area (Å²) in [6.45, 7) is 1.55. The Hall–Kier alpha value is -0.690. The highest BCUT2D eigenvalue weighted by Gasteiger charge is 2.21. The standard InChI is InChI=1S/C10H13ClFNO3S/c1-2-7(14)6-13-17(15,16)9-5-3-4-8(11)10(9)12/h3-5,7,13-14H,2,6H2,1H3.